The Bertz CT molecular complexity index is 1450. The van der Waals surface area contributed by atoms with Gasteiger partial charge in [-0.3, -0.25) is 4.79 Å². The first-order valence-corrected chi connectivity index (χ1v) is 34.5. The highest BCUT2D eigenvalue weighted by Crippen LogP contribution is 2.23. The van der Waals surface area contributed by atoms with E-state index >= 15 is 0 Å². The van der Waals surface area contributed by atoms with Crippen LogP contribution < -0.4 is 5.32 Å². The first-order valence-electron chi connectivity index (χ1n) is 34.5. The van der Waals surface area contributed by atoms with Gasteiger partial charge in [0.05, 0.1) is 25.4 Å². The second kappa shape index (κ2) is 60.0. The number of rotatable bonds is 60. The zero-order chi connectivity index (χ0) is 57.9. The molecule has 1 fully saturated rings. The minimum absolute atomic E-state index is 0.186. The van der Waals surface area contributed by atoms with Gasteiger partial charge in [-0.15, -0.1) is 0 Å². The van der Waals surface area contributed by atoms with Gasteiger partial charge in [0.25, 0.3) is 0 Å². The van der Waals surface area contributed by atoms with Crippen molar-refractivity contribution in [1.29, 1.82) is 0 Å². The van der Waals surface area contributed by atoms with Crippen LogP contribution in [-0.4, -0.2) is 87.5 Å². The third-order valence-electron chi connectivity index (χ3n) is 16.3. The molecule has 0 bridgehead atoms. The zero-order valence-corrected chi connectivity index (χ0v) is 52.3. The van der Waals surface area contributed by atoms with Gasteiger partial charge in [-0.05, 0) is 77.0 Å². The van der Waals surface area contributed by atoms with Crippen molar-refractivity contribution in [3.05, 3.63) is 60.8 Å². The van der Waals surface area contributed by atoms with E-state index in [4.69, 9.17) is 9.47 Å². The SMILES string of the molecule is CCCCCCC/C=C\C/C=C\CCCCCCCCCCCCCCCCCCCCCCCCCCCCCCCC(=O)NC(COC1OC(CO)C(O)C(O)C1O)C(O)/C=C/CC/C=C/CC/C=C/CCCCCCCC. The van der Waals surface area contributed by atoms with E-state index in [-0.39, 0.29) is 12.5 Å². The summed E-state index contributed by atoms with van der Waals surface area (Å²) in [5.74, 6) is -0.186. The van der Waals surface area contributed by atoms with Crippen molar-refractivity contribution in [1.82, 2.24) is 5.32 Å². The van der Waals surface area contributed by atoms with Crippen molar-refractivity contribution in [2.45, 2.75) is 371 Å². The van der Waals surface area contributed by atoms with Gasteiger partial charge in [-0.25, -0.2) is 0 Å². The van der Waals surface area contributed by atoms with Gasteiger partial charge in [0.2, 0.25) is 5.91 Å². The molecule has 0 aromatic rings. The molecule has 0 spiro atoms. The molecule has 0 saturated carbocycles. The molecular weight excluding hydrogens is 995 g/mol. The number of carbonyl (C=O) groups is 1. The number of aliphatic hydroxyl groups excluding tert-OH is 5. The van der Waals surface area contributed by atoms with Crippen LogP contribution in [0, 0.1) is 0 Å². The zero-order valence-electron chi connectivity index (χ0n) is 52.3. The van der Waals surface area contributed by atoms with Crippen molar-refractivity contribution in [3.8, 4) is 0 Å². The Labute approximate surface area is 494 Å². The second-order valence-electron chi connectivity index (χ2n) is 24.0. The molecule has 0 aromatic heterocycles. The average Bonchev–Trinajstić information content (AvgIpc) is 3.46. The van der Waals surface area contributed by atoms with Crippen molar-refractivity contribution in [2.24, 2.45) is 0 Å². The summed E-state index contributed by atoms with van der Waals surface area (Å²) in [5, 5.41) is 54.5. The Hall–Kier alpha value is -2.11. The molecule has 0 aromatic carbocycles. The van der Waals surface area contributed by atoms with Gasteiger partial charge in [0.15, 0.2) is 6.29 Å². The highest BCUT2D eigenvalue weighted by Gasteiger charge is 2.44. The van der Waals surface area contributed by atoms with Crippen molar-refractivity contribution in [2.75, 3.05) is 13.2 Å². The van der Waals surface area contributed by atoms with Gasteiger partial charge < -0.3 is 40.3 Å². The average molecular weight is 1130 g/mol. The lowest BCUT2D eigenvalue weighted by Gasteiger charge is -2.40. The minimum Gasteiger partial charge on any atom is -0.394 e. The van der Waals surface area contributed by atoms with Crippen LogP contribution >= 0.6 is 0 Å². The van der Waals surface area contributed by atoms with Gasteiger partial charge in [0, 0.05) is 6.42 Å². The molecule has 9 heteroatoms. The molecule has 1 aliphatic rings. The van der Waals surface area contributed by atoms with Gasteiger partial charge in [0.1, 0.15) is 24.4 Å². The van der Waals surface area contributed by atoms with Crippen molar-refractivity contribution in [3.63, 3.8) is 0 Å². The predicted molar refractivity (Wildman–Crippen MR) is 341 cm³/mol. The number of carbonyl (C=O) groups excluding carboxylic acids is 1. The maximum absolute atomic E-state index is 13.1. The van der Waals surface area contributed by atoms with Crippen LogP contribution in [0.15, 0.2) is 60.8 Å². The molecule has 7 unspecified atom stereocenters. The van der Waals surface area contributed by atoms with Crippen LogP contribution in [0.4, 0.5) is 0 Å². The molecule has 1 saturated heterocycles. The van der Waals surface area contributed by atoms with E-state index in [2.05, 4.69) is 67.8 Å². The Kier molecular flexibility index (Phi) is 57.0. The summed E-state index contributed by atoms with van der Waals surface area (Å²) in [4.78, 5) is 13.1. The number of hydrogen-bond donors (Lipinski definition) is 6. The molecular formula is C71H131NO8. The van der Waals surface area contributed by atoms with Crippen LogP contribution in [-0.2, 0) is 14.3 Å². The lowest BCUT2D eigenvalue weighted by atomic mass is 9.99. The maximum atomic E-state index is 13.1. The molecule has 468 valence electrons. The number of hydrogen-bond acceptors (Lipinski definition) is 8. The van der Waals surface area contributed by atoms with E-state index in [0.717, 1.165) is 57.8 Å². The highest BCUT2D eigenvalue weighted by atomic mass is 16.7. The Morgan fingerprint density at radius 3 is 1.12 bits per heavy atom. The van der Waals surface area contributed by atoms with E-state index in [0.29, 0.717) is 6.42 Å². The lowest BCUT2D eigenvalue weighted by molar-refractivity contribution is -0.302. The van der Waals surface area contributed by atoms with Crippen LogP contribution in [0.3, 0.4) is 0 Å². The summed E-state index contributed by atoms with van der Waals surface area (Å²) in [6.45, 7) is 3.76. The summed E-state index contributed by atoms with van der Waals surface area (Å²) in [6.07, 6.45) is 76.4. The smallest absolute Gasteiger partial charge is 0.220 e. The minimum atomic E-state index is -1.58. The molecule has 6 N–H and O–H groups in total. The molecule has 0 radical (unpaired) electrons. The third-order valence-corrected chi connectivity index (χ3v) is 16.3. The van der Waals surface area contributed by atoms with Crippen LogP contribution in [0.5, 0.6) is 0 Å². The first kappa shape index (κ1) is 75.9. The van der Waals surface area contributed by atoms with Gasteiger partial charge >= 0.3 is 0 Å². The maximum Gasteiger partial charge on any atom is 0.220 e. The van der Waals surface area contributed by atoms with Crippen LogP contribution in [0.25, 0.3) is 0 Å². The standard InChI is InChI=1S/C71H131NO8/c1-3-5-7-9-11-13-15-17-19-21-22-23-24-25-26-27-28-29-30-31-32-33-34-35-36-37-38-39-40-41-42-43-44-45-47-49-51-53-55-57-59-61-67(75)72-64(63-79-71-70(78)69(77)68(76)66(62-73)80-71)65(74)60-58-56-54-52-50-48-46-20-18-16-14-12-10-8-6-4-2/h15,17-18,20-22,50,52,58,60,64-66,68-71,73-74,76-78H,3-14,16,19,23-49,51,53-57,59,61-63H2,1-2H3,(H,72,75)/b17-15-,20-18+,22-21-,52-50+,60-58+. The van der Waals surface area contributed by atoms with E-state index in [1.165, 1.54) is 250 Å². The van der Waals surface area contributed by atoms with E-state index in [9.17, 15) is 30.3 Å². The number of allylic oxidation sites excluding steroid dienone is 9. The highest BCUT2D eigenvalue weighted by molar-refractivity contribution is 5.76. The summed E-state index contributed by atoms with van der Waals surface area (Å²) >= 11 is 0. The van der Waals surface area contributed by atoms with Crippen LogP contribution in [0.2, 0.25) is 0 Å². The molecule has 1 amide bonds. The monoisotopic (exact) mass is 1130 g/mol. The fourth-order valence-electron chi connectivity index (χ4n) is 10.9. The van der Waals surface area contributed by atoms with Crippen LogP contribution in [0.1, 0.15) is 328 Å². The second-order valence-corrected chi connectivity index (χ2v) is 24.0. The topological polar surface area (TPSA) is 149 Å². The molecule has 7 atom stereocenters. The number of amides is 1. The fraction of sp³-hybridized carbons (Fsp3) is 0.845. The Balaban J connectivity index is 2.03. The number of unbranched alkanes of at least 4 members (excludes halogenated alkanes) is 42. The van der Waals surface area contributed by atoms with E-state index in [1.54, 1.807) is 6.08 Å². The predicted octanol–water partition coefficient (Wildman–Crippen LogP) is 18.6. The summed E-state index contributed by atoms with van der Waals surface area (Å²) in [5.41, 5.74) is 0. The molecule has 1 rings (SSSR count). The molecule has 1 heterocycles. The summed E-state index contributed by atoms with van der Waals surface area (Å²) in [6, 6.07) is -0.828. The molecule has 0 aliphatic carbocycles. The first-order chi connectivity index (χ1) is 39.3. The quantitative estimate of drug-likeness (QED) is 0.0261. The number of aliphatic hydroxyl groups is 5. The van der Waals surface area contributed by atoms with E-state index in [1.807, 2.05) is 6.08 Å². The molecule has 80 heavy (non-hydrogen) atoms. The largest absolute Gasteiger partial charge is 0.394 e. The summed E-state index contributed by atoms with van der Waals surface area (Å²) in [7, 11) is 0. The number of ether oxygens (including phenoxy) is 2. The molecule has 1 aliphatic heterocycles. The van der Waals surface area contributed by atoms with E-state index < -0.39 is 49.5 Å². The Morgan fingerprint density at radius 1 is 0.425 bits per heavy atom. The number of nitrogens with one attached hydrogen (secondary N) is 1. The van der Waals surface area contributed by atoms with Crippen molar-refractivity contribution >= 4 is 5.91 Å². The van der Waals surface area contributed by atoms with Crippen molar-refractivity contribution < 1.29 is 39.8 Å². The molecule has 9 nitrogen and oxygen atoms in total. The Morgan fingerprint density at radius 2 is 0.750 bits per heavy atom. The summed E-state index contributed by atoms with van der Waals surface area (Å²) < 4.78 is 11.3. The van der Waals surface area contributed by atoms with Gasteiger partial charge in [-0.2, -0.15) is 0 Å². The van der Waals surface area contributed by atoms with Gasteiger partial charge in [-0.1, -0.05) is 306 Å². The fourth-order valence-corrected chi connectivity index (χ4v) is 10.9. The third kappa shape index (κ3) is 48.3. The lowest BCUT2D eigenvalue weighted by Crippen LogP contribution is -2.60. The normalized spacial score (nSPS) is 18.8.